The number of benzene rings is 1. The van der Waals surface area contributed by atoms with Gasteiger partial charge in [0.2, 0.25) is 0 Å². The van der Waals surface area contributed by atoms with Gasteiger partial charge in [0.25, 0.3) is 0 Å². The van der Waals surface area contributed by atoms with Gasteiger partial charge < -0.3 is 10.8 Å². The van der Waals surface area contributed by atoms with Crippen LogP contribution in [0.3, 0.4) is 0 Å². The lowest BCUT2D eigenvalue weighted by Gasteiger charge is -2.10. The highest BCUT2D eigenvalue weighted by Gasteiger charge is 2.30. The summed E-state index contributed by atoms with van der Waals surface area (Å²) in [6, 6.07) is 6.86. The highest BCUT2D eigenvalue weighted by Crippen LogP contribution is 2.43. The summed E-state index contributed by atoms with van der Waals surface area (Å²) in [5.74, 6) is -0.395. The molecule has 1 saturated carbocycles. The van der Waals surface area contributed by atoms with Crippen LogP contribution in [0.25, 0.3) is 5.69 Å². The molecule has 1 aliphatic rings. The van der Waals surface area contributed by atoms with E-state index in [1.165, 1.54) is 18.5 Å². The van der Waals surface area contributed by atoms with Crippen LogP contribution in [0.2, 0.25) is 0 Å². The van der Waals surface area contributed by atoms with Crippen molar-refractivity contribution in [1.82, 2.24) is 9.78 Å². The molecule has 0 saturated heterocycles. The number of rotatable bonds is 5. The minimum Gasteiger partial charge on any atom is -0.480 e. The zero-order chi connectivity index (χ0) is 15.0. The Morgan fingerprint density at radius 1 is 1.43 bits per heavy atom. The van der Waals surface area contributed by atoms with Crippen molar-refractivity contribution >= 4 is 21.9 Å². The molecular formula is C15H16BrN3O2. The summed E-state index contributed by atoms with van der Waals surface area (Å²) in [4.78, 5) is 10.8. The van der Waals surface area contributed by atoms with Crippen molar-refractivity contribution in [3.63, 3.8) is 0 Å². The molecule has 1 fully saturated rings. The van der Waals surface area contributed by atoms with Gasteiger partial charge in [-0.15, -0.1) is 0 Å². The summed E-state index contributed by atoms with van der Waals surface area (Å²) in [5.41, 5.74) is 8.65. The van der Waals surface area contributed by atoms with E-state index in [1.807, 2.05) is 35.1 Å². The van der Waals surface area contributed by atoms with Gasteiger partial charge in [0.1, 0.15) is 6.04 Å². The summed E-state index contributed by atoms with van der Waals surface area (Å²) in [5, 5.41) is 13.3. The summed E-state index contributed by atoms with van der Waals surface area (Å²) in [7, 11) is 0. The number of carboxylic acids is 1. The van der Waals surface area contributed by atoms with Crippen molar-refractivity contribution in [3.8, 4) is 5.69 Å². The van der Waals surface area contributed by atoms with Crippen molar-refractivity contribution < 1.29 is 9.90 Å². The zero-order valence-electron chi connectivity index (χ0n) is 11.4. The molecule has 1 aliphatic carbocycles. The monoisotopic (exact) mass is 349 g/mol. The number of carbonyl (C=O) groups is 1. The molecular weight excluding hydrogens is 334 g/mol. The maximum atomic E-state index is 10.8. The second kappa shape index (κ2) is 5.61. The smallest absolute Gasteiger partial charge is 0.320 e. The molecule has 1 heterocycles. The first kappa shape index (κ1) is 14.3. The van der Waals surface area contributed by atoms with E-state index in [0.717, 1.165) is 15.7 Å². The van der Waals surface area contributed by atoms with Crippen LogP contribution in [0.4, 0.5) is 0 Å². The first-order valence-electron chi connectivity index (χ1n) is 6.87. The Kier molecular flexibility index (Phi) is 3.82. The number of nitrogens with two attached hydrogens (primary N) is 1. The van der Waals surface area contributed by atoms with Crippen molar-refractivity contribution in [2.45, 2.75) is 31.2 Å². The van der Waals surface area contributed by atoms with Gasteiger partial charge in [-0.25, -0.2) is 4.68 Å². The van der Waals surface area contributed by atoms with Gasteiger partial charge in [0.15, 0.2) is 0 Å². The van der Waals surface area contributed by atoms with Gasteiger partial charge in [0.05, 0.1) is 22.1 Å². The molecule has 3 rings (SSSR count). The highest BCUT2D eigenvalue weighted by molar-refractivity contribution is 9.10. The van der Waals surface area contributed by atoms with Gasteiger partial charge in [-0.2, -0.15) is 5.10 Å². The number of aromatic nitrogens is 2. The van der Waals surface area contributed by atoms with Crippen LogP contribution < -0.4 is 5.73 Å². The first-order valence-corrected chi connectivity index (χ1v) is 7.66. The summed E-state index contributed by atoms with van der Waals surface area (Å²) < 4.78 is 2.99. The largest absolute Gasteiger partial charge is 0.480 e. The fourth-order valence-corrected chi connectivity index (χ4v) is 2.97. The Labute approximate surface area is 130 Å². The minimum absolute atomic E-state index is 0.327. The zero-order valence-corrected chi connectivity index (χ0v) is 13.0. The Morgan fingerprint density at radius 3 is 2.67 bits per heavy atom. The second-order valence-corrected chi connectivity index (χ2v) is 6.23. The van der Waals surface area contributed by atoms with E-state index in [0.29, 0.717) is 12.3 Å². The van der Waals surface area contributed by atoms with E-state index in [9.17, 15) is 4.79 Å². The molecule has 110 valence electrons. The number of carboxylic acid groups (broad SMARTS) is 1. The molecule has 1 atom stereocenters. The third-order valence-corrected chi connectivity index (χ3v) is 4.29. The lowest BCUT2D eigenvalue weighted by molar-refractivity contribution is -0.138. The average molecular weight is 350 g/mol. The molecule has 0 bridgehead atoms. The van der Waals surface area contributed by atoms with Crippen molar-refractivity contribution in [3.05, 3.63) is 46.2 Å². The summed E-state index contributed by atoms with van der Waals surface area (Å²) >= 11 is 3.55. The molecule has 21 heavy (non-hydrogen) atoms. The van der Waals surface area contributed by atoms with Gasteiger partial charge >= 0.3 is 5.97 Å². The predicted octanol–water partition coefficient (Wildman–Crippen LogP) is 2.47. The molecule has 0 aliphatic heterocycles. The fourth-order valence-electron chi connectivity index (χ4n) is 2.38. The van der Waals surface area contributed by atoms with Crippen molar-refractivity contribution in [2.24, 2.45) is 5.73 Å². The molecule has 2 aromatic rings. The van der Waals surface area contributed by atoms with E-state index in [-0.39, 0.29) is 0 Å². The van der Waals surface area contributed by atoms with Crippen LogP contribution in [0.15, 0.2) is 34.9 Å². The summed E-state index contributed by atoms with van der Waals surface area (Å²) in [6.45, 7) is 0. The standard InChI is InChI=1S/C15H16BrN3O2/c16-12-8-18-19(14(12)10-3-4-10)11-5-1-9(2-6-11)7-13(17)15(20)21/h1-2,5-6,8,10,13H,3-4,7,17H2,(H,20,21). The van der Waals surface area contributed by atoms with Crippen LogP contribution >= 0.6 is 15.9 Å². The molecule has 0 radical (unpaired) electrons. The lowest BCUT2D eigenvalue weighted by atomic mass is 10.1. The SMILES string of the molecule is NC(Cc1ccc(-n2ncc(Br)c2C2CC2)cc1)C(=O)O. The van der Waals surface area contributed by atoms with Crippen LogP contribution in [0.5, 0.6) is 0 Å². The number of nitrogens with zero attached hydrogens (tertiary/aromatic N) is 2. The maximum absolute atomic E-state index is 10.8. The van der Waals surface area contributed by atoms with Crippen molar-refractivity contribution in [2.75, 3.05) is 0 Å². The number of halogens is 1. The van der Waals surface area contributed by atoms with Gasteiger partial charge in [0, 0.05) is 5.92 Å². The molecule has 0 spiro atoms. The van der Waals surface area contributed by atoms with E-state index >= 15 is 0 Å². The number of hydrogen-bond acceptors (Lipinski definition) is 3. The normalized spacial score (nSPS) is 15.9. The fraction of sp³-hybridized carbons (Fsp3) is 0.333. The van der Waals surface area contributed by atoms with E-state index in [4.69, 9.17) is 10.8 Å². The Hall–Kier alpha value is -1.66. The van der Waals surface area contributed by atoms with Crippen LogP contribution in [-0.2, 0) is 11.2 Å². The minimum atomic E-state index is -0.980. The van der Waals surface area contributed by atoms with E-state index < -0.39 is 12.0 Å². The summed E-state index contributed by atoms with van der Waals surface area (Å²) in [6.07, 6.45) is 4.56. The third-order valence-electron chi connectivity index (χ3n) is 3.68. The Balaban J connectivity index is 1.83. The van der Waals surface area contributed by atoms with Crippen molar-refractivity contribution in [1.29, 1.82) is 0 Å². The number of hydrogen-bond donors (Lipinski definition) is 2. The molecule has 1 aromatic heterocycles. The molecule has 1 aromatic carbocycles. The molecule has 6 heteroatoms. The molecule has 1 unspecified atom stereocenters. The molecule has 5 nitrogen and oxygen atoms in total. The second-order valence-electron chi connectivity index (χ2n) is 5.38. The lowest BCUT2D eigenvalue weighted by Crippen LogP contribution is -2.32. The van der Waals surface area contributed by atoms with E-state index in [2.05, 4.69) is 21.0 Å². The topological polar surface area (TPSA) is 81.1 Å². The number of aliphatic carboxylic acids is 1. The van der Waals surface area contributed by atoms with Gasteiger partial charge in [-0.3, -0.25) is 4.79 Å². The van der Waals surface area contributed by atoms with Crippen LogP contribution in [0.1, 0.15) is 30.0 Å². The highest BCUT2D eigenvalue weighted by atomic mass is 79.9. The predicted molar refractivity (Wildman–Crippen MR) is 82.6 cm³/mol. The van der Waals surface area contributed by atoms with Gasteiger partial charge in [-0.05, 0) is 52.9 Å². The third kappa shape index (κ3) is 3.01. The van der Waals surface area contributed by atoms with Crippen LogP contribution in [-0.4, -0.2) is 26.9 Å². The Bertz CT molecular complexity index is 662. The van der Waals surface area contributed by atoms with Gasteiger partial charge in [-0.1, -0.05) is 12.1 Å². The molecule has 3 N–H and O–H groups in total. The maximum Gasteiger partial charge on any atom is 0.320 e. The van der Waals surface area contributed by atoms with Crippen LogP contribution in [0, 0.1) is 0 Å². The molecule has 0 amide bonds. The average Bonchev–Trinajstić information content (AvgIpc) is 3.22. The van der Waals surface area contributed by atoms with E-state index in [1.54, 1.807) is 0 Å². The quantitative estimate of drug-likeness (QED) is 0.868. The first-order chi connectivity index (χ1) is 10.1. The Morgan fingerprint density at radius 2 is 2.10 bits per heavy atom.